The number of aryl methyl sites for hydroxylation is 3. The summed E-state index contributed by atoms with van der Waals surface area (Å²) in [6.07, 6.45) is 3.33. The van der Waals surface area contributed by atoms with Crippen LogP contribution in [0.5, 0.6) is 0 Å². The smallest absolute Gasteiger partial charge is 0.287 e. The van der Waals surface area contributed by atoms with Crippen molar-refractivity contribution in [3.05, 3.63) is 58.7 Å². The third kappa shape index (κ3) is 3.59. The van der Waals surface area contributed by atoms with Crippen LogP contribution in [0.2, 0.25) is 0 Å². The van der Waals surface area contributed by atoms with Crippen LogP contribution in [-0.2, 0) is 6.42 Å². The lowest BCUT2D eigenvalue weighted by Crippen LogP contribution is -2.36. The number of likely N-dealkylation sites (tertiary alicyclic amines) is 1. The van der Waals surface area contributed by atoms with Crippen molar-refractivity contribution in [1.82, 2.24) is 10.2 Å². The number of fused-ring (bicyclic) bond motifs is 1. The molecule has 0 aliphatic carbocycles. The zero-order valence-electron chi connectivity index (χ0n) is 16.9. The average Bonchev–Trinajstić information content (AvgIpc) is 3.43. The minimum absolute atomic E-state index is 0.0523. The van der Waals surface area contributed by atoms with Crippen LogP contribution in [0.3, 0.4) is 0 Å². The van der Waals surface area contributed by atoms with E-state index in [-0.39, 0.29) is 11.9 Å². The van der Waals surface area contributed by atoms with Gasteiger partial charge in [0.05, 0.1) is 6.04 Å². The van der Waals surface area contributed by atoms with Gasteiger partial charge in [-0.2, -0.15) is 0 Å². The summed E-state index contributed by atoms with van der Waals surface area (Å²) in [6, 6.07) is 10.2. The first kappa shape index (κ1) is 18.8. The first-order valence-corrected chi connectivity index (χ1v) is 10.2. The maximum atomic E-state index is 12.9. The summed E-state index contributed by atoms with van der Waals surface area (Å²) in [6.45, 7) is 8.59. The highest BCUT2D eigenvalue weighted by Crippen LogP contribution is 2.28. The summed E-state index contributed by atoms with van der Waals surface area (Å²) in [5.41, 5.74) is 2.90. The van der Waals surface area contributed by atoms with Crippen LogP contribution >= 0.6 is 0 Å². The molecule has 0 bridgehead atoms. The fourth-order valence-electron chi connectivity index (χ4n) is 4.07. The van der Waals surface area contributed by atoms with Crippen LogP contribution in [-0.4, -0.2) is 30.4 Å². The summed E-state index contributed by atoms with van der Waals surface area (Å²) in [5.74, 6) is 2.04. The second kappa shape index (κ2) is 7.84. The topological polar surface area (TPSA) is 58.6 Å². The van der Waals surface area contributed by atoms with E-state index in [1.54, 1.807) is 0 Å². The molecule has 4 rings (SSSR count). The van der Waals surface area contributed by atoms with Gasteiger partial charge in [-0.3, -0.25) is 9.69 Å². The highest BCUT2D eigenvalue weighted by molar-refractivity contribution is 5.99. The first-order chi connectivity index (χ1) is 13.6. The number of amides is 1. The van der Waals surface area contributed by atoms with Gasteiger partial charge in [-0.15, -0.1) is 0 Å². The number of rotatable bonds is 6. The molecule has 2 aromatic heterocycles. The van der Waals surface area contributed by atoms with Gasteiger partial charge in [0.25, 0.3) is 5.91 Å². The Balaban J connectivity index is 1.53. The summed E-state index contributed by atoms with van der Waals surface area (Å²) in [4.78, 5) is 15.3. The van der Waals surface area contributed by atoms with Crippen LogP contribution in [0.15, 0.2) is 39.2 Å². The lowest BCUT2D eigenvalue weighted by molar-refractivity contribution is 0.0907. The van der Waals surface area contributed by atoms with E-state index >= 15 is 0 Å². The third-order valence-corrected chi connectivity index (χ3v) is 5.74. The minimum Gasteiger partial charge on any atom is -0.465 e. The Kier molecular flexibility index (Phi) is 5.27. The van der Waals surface area contributed by atoms with Crippen LogP contribution < -0.4 is 5.32 Å². The lowest BCUT2D eigenvalue weighted by Gasteiger charge is -2.25. The molecule has 0 spiro atoms. The van der Waals surface area contributed by atoms with Gasteiger partial charge in [-0.1, -0.05) is 13.0 Å². The van der Waals surface area contributed by atoms with Gasteiger partial charge in [-0.05, 0) is 76.0 Å². The monoisotopic (exact) mass is 380 g/mol. The predicted octanol–water partition coefficient (Wildman–Crippen LogP) is 4.77. The van der Waals surface area contributed by atoms with Crippen molar-refractivity contribution in [3.8, 4) is 0 Å². The van der Waals surface area contributed by atoms with Crippen LogP contribution in [0.1, 0.15) is 59.0 Å². The summed E-state index contributed by atoms with van der Waals surface area (Å²) in [7, 11) is 0. The molecule has 5 heteroatoms. The Morgan fingerprint density at radius 1 is 1.14 bits per heavy atom. The Hall–Kier alpha value is -2.53. The molecule has 0 unspecified atom stereocenters. The van der Waals surface area contributed by atoms with Gasteiger partial charge in [-0.25, -0.2) is 0 Å². The highest BCUT2D eigenvalue weighted by Gasteiger charge is 2.27. The van der Waals surface area contributed by atoms with E-state index in [2.05, 4.69) is 29.3 Å². The van der Waals surface area contributed by atoms with Crippen molar-refractivity contribution < 1.29 is 13.6 Å². The molecule has 1 atom stereocenters. The Labute approximate surface area is 165 Å². The fourth-order valence-corrected chi connectivity index (χ4v) is 4.07. The van der Waals surface area contributed by atoms with Gasteiger partial charge < -0.3 is 14.2 Å². The van der Waals surface area contributed by atoms with Crippen molar-refractivity contribution in [1.29, 1.82) is 0 Å². The molecule has 1 N–H and O–H groups in total. The molecular formula is C23H28N2O3. The van der Waals surface area contributed by atoms with Crippen molar-refractivity contribution in [2.75, 3.05) is 19.6 Å². The number of carbonyl (C=O) groups is 1. The van der Waals surface area contributed by atoms with Gasteiger partial charge in [0, 0.05) is 17.5 Å². The summed E-state index contributed by atoms with van der Waals surface area (Å²) in [5, 5.41) is 4.10. The van der Waals surface area contributed by atoms with E-state index in [1.807, 2.05) is 32.0 Å². The van der Waals surface area contributed by atoms with E-state index < -0.39 is 0 Å². The fraction of sp³-hybridized carbons (Fsp3) is 0.435. The molecule has 5 nitrogen and oxygen atoms in total. The van der Waals surface area contributed by atoms with Crippen LogP contribution in [0, 0.1) is 13.8 Å². The number of nitrogens with zero attached hydrogens (tertiary/aromatic N) is 1. The Morgan fingerprint density at radius 3 is 2.61 bits per heavy atom. The van der Waals surface area contributed by atoms with E-state index in [1.165, 1.54) is 18.4 Å². The molecule has 1 aliphatic rings. The lowest BCUT2D eigenvalue weighted by atomic mass is 10.1. The minimum atomic E-state index is -0.167. The van der Waals surface area contributed by atoms with Crippen molar-refractivity contribution in [3.63, 3.8) is 0 Å². The molecule has 0 saturated carbocycles. The molecular weight excluding hydrogens is 352 g/mol. The SMILES string of the molecule is CCc1ccc2oc(C(=O)NC[C@H](c3ccc(C)o3)N3CCCC3)c(C)c2c1. The van der Waals surface area contributed by atoms with E-state index in [4.69, 9.17) is 8.83 Å². The second-order valence-electron chi connectivity index (χ2n) is 7.66. The number of carbonyl (C=O) groups excluding carboxylic acids is 1. The maximum absolute atomic E-state index is 12.9. The quantitative estimate of drug-likeness (QED) is 0.669. The molecule has 1 saturated heterocycles. The molecule has 1 aliphatic heterocycles. The third-order valence-electron chi connectivity index (χ3n) is 5.74. The zero-order chi connectivity index (χ0) is 19.7. The van der Waals surface area contributed by atoms with Gasteiger partial charge >= 0.3 is 0 Å². The molecule has 1 amide bonds. The Bertz CT molecular complexity index is 979. The zero-order valence-corrected chi connectivity index (χ0v) is 16.9. The molecule has 1 aromatic carbocycles. The number of nitrogens with one attached hydrogen (secondary N) is 1. The largest absolute Gasteiger partial charge is 0.465 e. The second-order valence-corrected chi connectivity index (χ2v) is 7.66. The molecule has 3 aromatic rings. The maximum Gasteiger partial charge on any atom is 0.287 e. The van der Waals surface area contributed by atoms with Gasteiger partial charge in [0.2, 0.25) is 0 Å². The van der Waals surface area contributed by atoms with Crippen molar-refractivity contribution >= 4 is 16.9 Å². The standard InChI is InChI=1S/C23H28N2O3/c1-4-17-8-10-20-18(13-17)16(3)22(28-20)23(26)24-14-19(25-11-5-6-12-25)21-9-7-15(2)27-21/h7-10,13,19H,4-6,11-12,14H2,1-3H3,(H,24,26)/t19-/m1/s1. The molecule has 3 heterocycles. The van der Waals surface area contributed by atoms with Crippen molar-refractivity contribution in [2.45, 2.75) is 46.1 Å². The van der Waals surface area contributed by atoms with Crippen LogP contribution in [0.25, 0.3) is 11.0 Å². The van der Waals surface area contributed by atoms with Gasteiger partial charge in [0.1, 0.15) is 17.1 Å². The van der Waals surface area contributed by atoms with Crippen molar-refractivity contribution in [2.24, 2.45) is 0 Å². The predicted molar refractivity (Wildman–Crippen MR) is 110 cm³/mol. The van der Waals surface area contributed by atoms with E-state index in [0.717, 1.165) is 47.6 Å². The number of hydrogen-bond acceptors (Lipinski definition) is 4. The molecule has 148 valence electrons. The van der Waals surface area contributed by atoms with E-state index in [0.29, 0.717) is 12.3 Å². The number of furan rings is 2. The highest BCUT2D eigenvalue weighted by atomic mass is 16.3. The summed E-state index contributed by atoms with van der Waals surface area (Å²) < 4.78 is 11.8. The molecule has 1 fully saturated rings. The van der Waals surface area contributed by atoms with E-state index in [9.17, 15) is 4.79 Å². The van der Waals surface area contributed by atoms with Gasteiger partial charge in [0.15, 0.2) is 5.76 Å². The number of hydrogen-bond donors (Lipinski definition) is 1. The molecule has 0 radical (unpaired) electrons. The first-order valence-electron chi connectivity index (χ1n) is 10.2. The van der Waals surface area contributed by atoms with Crippen LogP contribution in [0.4, 0.5) is 0 Å². The summed E-state index contributed by atoms with van der Waals surface area (Å²) >= 11 is 0. The average molecular weight is 380 g/mol. The normalized spacial score (nSPS) is 16.0. The number of benzene rings is 1. The Morgan fingerprint density at radius 2 is 1.93 bits per heavy atom. The molecule has 28 heavy (non-hydrogen) atoms.